The third kappa shape index (κ3) is 5.76. The van der Waals surface area contributed by atoms with Gasteiger partial charge in [-0.3, -0.25) is 4.79 Å². The Labute approximate surface area is 128 Å². The third-order valence-corrected chi connectivity index (χ3v) is 3.62. The highest BCUT2D eigenvalue weighted by Gasteiger charge is 2.26. The predicted molar refractivity (Wildman–Crippen MR) is 89.4 cm³/mol. The van der Waals surface area contributed by atoms with Gasteiger partial charge in [-0.25, -0.2) is 0 Å². The Morgan fingerprint density at radius 1 is 1.29 bits per heavy atom. The molecule has 1 aromatic carbocycles. The zero-order valence-electron chi connectivity index (χ0n) is 13.7. The Bertz CT molecular complexity index is 425. The maximum Gasteiger partial charge on any atom is 0.237 e. The average Bonchev–Trinajstić information content (AvgIpc) is 2.46. The Morgan fingerprint density at radius 2 is 1.90 bits per heavy atom. The first-order valence-corrected chi connectivity index (χ1v) is 7.69. The Hall–Kier alpha value is -1.55. The number of anilines is 1. The minimum Gasteiger partial charge on any atom is -0.372 e. The molecule has 1 atom stereocenters. The van der Waals surface area contributed by atoms with Crippen molar-refractivity contribution in [3.63, 3.8) is 0 Å². The van der Waals surface area contributed by atoms with Gasteiger partial charge in [-0.05, 0) is 30.9 Å². The summed E-state index contributed by atoms with van der Waals surface area (Å²) in [6, 6.07) is 9.86. The number of nitrogens with zero attached hydrogens (tertiary/aromatic N) is 1. The van der Waals surface area contributed by atoms with Crippen LogP contribution in [0.1, 0.15) is 34.1 Å². The van der Waals surface area contributed by atoms with Crippen LogP contribution in [0.3, 0.4) is 0 Å². The summed E-state index contributed by atoms with van der Waals surface area (Å²) < 4.78 is 0. The van der Waals surface area contributed by atoms with Crippen LogP contribution < -0.4 is 16.0 Å². The summed E-state index contributed by atoms with van der Waals surface area (Å²) in [6.07, 6.45) is 0.908. The zero-order chi connectivity index (χ0) is 15.9. The quantitative estimate of drug-likeness (QED) is 0.758. The van der Waals surface area contributed by atoms with Crippen LogP contribution in [0.2, 0.25) is 0 Å². The molecule has 4 heteroatoms. The monoisotopic (exact) mass is 291 g/mol. The lowest BCUT2D eigenvalue weighted by molar-refractivity contribution is -0.124. The van der Waals surface area contributed by atoms with Gasteiger partial charge in [-0.15, -0.1) is 0 Å². The van der Waals surface area contributed by atoms with Crippen molar-refractivity contribution in [2.24, 2.45) is 11.1 Å². The van der Waals surface area contributed by atoms with Crippen LogP contribution in [0.25, 0.3) is 0 Å². The van der Waals surface area contributed by atoms with Gasteiger partial charge in [0.25, 0.3) is 0 Å². The van der Waals surface area contributed by atoms with E-state index in [0.717, 1.165) is 19.5 Å². The van der Waals surface area contributed by atoms with Crippen molar-refractivity contribution in [2.75, 3.05) is 24.5 Å². The maximum absolute atomic E-state index is 11.9. The van der Waals surface area contributed by atoms with Crippen LogP contribution >= 0.6 is 0 Å². The van der Waals surface area contributed by atoms with Gasteiger partial charge in [-0.2, -0.15) is 0 Å². The number of amides is 1. The molecular formula is C17H29N3O. The maximum atomic E-state index is 11.9. The van der Waals surface area contributed by atoms with Gasteiger partial charge >= 0.3 is 0 Å². The standard InChI is InChI=1S/C17H29N3O/c1-5-20(14-10-7-6-8-11-14)13-9-12-19-16(21)15(18)17(2,3)4/h6-8,10-11,15H,5,9,12-13,18H2,1-4H3,(H,19,21)/t15-/m1/s1. The topological polar surface area (TPSA) is 58.4 Å². The summed E-state index contributed by atoms with van der Waals surface area (Å²) in [5, 5.41) is 2.93. The first-order valence-electron chi connectivity index (χ1n) is 7.69. The van der Waals surface area contributed by atoms with Crippen molar-refractivity contribution in [3.05, 3.63) is 30.3 Å². The number of carbonyl (C=O) groups is 1. The number of rotatable bonds is 7. The second-order valence-electron chi connectivity index (χ2n) is 6.40. The number of nitrogens with one attached hydrogen (secondary N) is 1. The number of para-hydroxylation sites is 1. The van der Waals surface area contributed by atoms with E-state index in [9.17, 15) is 4.79 Å². The molecule has 0 aromatic heterocycles. The second kappa shape index (κ2) is 8.03. The molecule has 4 nitrogen and oxygen atoms in total. The SMILES string of the molecule is CCN(CCCNC(=O)[C@@H](N)C(C)(C)C)c1ccccc1. The van der Waals surface area contributed by atoms with Gasteiger partial charge in [0.15, 0.2) is 0 Å². The molecule has 1 amide bonds. The second-order valence-corrected chi connectivity index (χ2v) is 6.40. The van der Waals surface area contributed by atoms with Crippen LogP contribution in [0.15, 0.2) is 30.3 Å². The van der Waals surface area contributed by atoms with Crippen molar-refractivity contribution in [3.8, 4) is 0 Å². The molecule has 0 radical (unpaired) electrons. The molecule has 0 unspecified atom stereocenters. The Kier molecular flexibility index (Phi) is 6.69. The first kappa shape index (κ1) is 17.5. The van der Waals surface area contributed by atoms with E-state index in [4.69, 9.17) is 5.73 Å². The average molecular weight is 291 g/mol. The summed E-state index contributed by atoms with van der Waals surface area (Å²) >= 11 is 0. The van der Waals surface area contributed by atoms with Gasteiger partial charge in [-0.1, -0.05) is 39.0 Å². The minimum atomic E-state index is -0.464. The van der Waals surface area contributed by atoms with Gasteiger partial charge in [0.2, 0.25) is 5.91 Å². The van der Waals surface area contributed by atoms with E-state index in [1.165, 1.54) is 5.69 Å². The summed E-state index contributed by atoms with van der Waals surface area (Å²) in [5.74, 6) is -0.0646. The zero-order valence-corrected chi connectivity index (χ0v) is 13.7. The molecular weight excluding hydrogens is 262 g/mol. The fourth-order valence-corrected chi connectivity index (χ4v) is 2.09. The lowest BCUT2D eigenvalue weighted by Crippen LogP contribution is -2.49. The van der Waals surface area contributed by atoms with E-state index in [2.05, 4.69) is 29.3 Å². The normalized spacial score (nSPS) is 12.8. The molecule has 0 bridgehead atoms. The van der Waals surface area contributed by atoms with Crippen molar-refractivity contribution in [2.45, 2.75) is 40.2 Å². The lowest BCUT2D eigenvalue weighted by atomic mass is 9.87. The molecule has 0 aliphatic carbocycles. The highest BCUT2D eigenvalue weighted by Crippen LogP contribution is 2.17. The van der Waals surface area contributed by atoms with Crippen LogP contribution in [0.4, 0.5) is 5.69 Å². The summed E-state index contributed by atoms with van der Waals surface area (Å²) in [6.45, 7) is 10.6. The lowest BCUT2D eigenvalue weighted by Gasteiger charge is -2.26. The molecule has 118 valence electrons. The number of nitrogens with two attached hydrogens (primary N) is 1. The largest absolute Gasteiger partial charge is 0.372 e. The molecule has 0 aliphatic rings. The van der Waals surface area contributed by atoms with Crippen LogP contribution in [-0.4, -0.2) is 31.6 Å². The van der Waals surface area contributed by atoms with E-state index >= 15 is 0 Å². The highest BCUT2D eigenvalue weighted by atomic mass is 16.2. The van der Waals surface area contributed by atoms with Crippen molar-refractivity contribution >= 4 is 11.6 Å². The highest BCUT2D eigenvalue weighted by molar-refractivity contribution is 5.82. The van der Waals surface area contributed by atoms with Crippen molar-refractivity contribution in [1.82, 2.24) is 5.32 Å². The summed E-state index contributed by atoms with van der Waals surface area (Å²) in [5.41, 5.74) is 6.95. The fourth-order valence-electron chi connectivity index (χ4n) is 2.09. The van der Waals surface area contributed by atoms with Crippen LogP contribution in [-0.2, 0) is 4.79 Å². The van der Waals surface area contributed by atoms with E-state index in [1.54, 1.807) is 0 Å². The molecule has 0 saturated carbocycles. The third-order valence-electron chi connectivity index (χ3n) is 3.62. The molecule has 0 fully saturated rings. The molecule has 0 heterocycles. The van der Waals surface area contributed by atoms with E-state index < -0.39 is 6.04 Å². The molecule has 0 saturated heterocycles. The summed E-state index contributed by atoms with van der Waals surface area (Å²) in [7, 11) is 0. The van der Waals surface area contributed by atoms with Crippen molar-refractivity contribution < 1.29 is 4.79 Å². The predicted octanol–water partition coefficient (Wildman–Crippen LogP) is 2.39. The molecule has 0 aliphatic heterocycles. The molecule has 1 rings (SSSR count). The molecule has 21 heavy (non-hydrogen) atoms. The van der Waals surface area contributed by atoms with E-state index in [1.807, 2.05) is 39.0 Å². The Morgan fingerprint density at radius 3 is 2.43 bits per heavy atom. The van der Waals surface area contributed by atoms with Gasteiger partial charge < -0.3 is 16.0 Å². The molecule has 1 aromatic rings. The number of benzene rings is 1. The number of hydrogen-bond donors (Lipinski definition) is 2. The molecule has 0 spiro atoms. The smallest absolute Gasteiger partial charge is 0.237 e. The van der Waals surface area contributed by atoms with Crippen molar-refractivity contribution in [1.29, 1.82) is 0 Å². The minimum absolute atomic E-state index is 0.0646. The van der Waals surface area contributed by atoms with Gasteiger partial charge in [0, 0.05) is 25.3 Å². The van der Waals surface area contributed by atoms with E-state index in [-0.39, 0.29) is 11.3 Å². The van der Waals surface area contributed by atoms with Crippen LogP contribution in [0, 0.1) is 5.41 Å². The molecule has 3 N–H and O–H groups in total. The van der Waals surface area contributed by atoms with E-state index in [0.29, 0.717) is 6.54 Å². The van der Waals surface area contributed by atoms with Gasteiger partial charge in [0.1, 0.15) is 0 Å². The number of hydrogen-bond acceptors (Lipinski definition) is 3. The fraction of sp³-hybridized carbons (Fsp3) is 0.588. The first-order chi connectivity index (χ1) is 9.86. The Balaban J connectivity index is 2.35. The van der Waals surface area contributed by atoms with Crippen LogP contribution in [0.5, 0.6) is 0 Å². The summed E-state index contributed by atoms with van der Waals surface area (Å²) in [4.78, 5) is 14.2. The number of carbonyl (C=O) groups excluding carboxylic acids is 1. The van der Waals surface area contributed by atoms with Gasteiger partial charge in [0.05, 0.1) is 6.04 Å².